The molecule has 2 aliphatic rings. The quantitative estimate of drug-likeness (QED) is 0.911. The second-order valence-corrected chi connectivity index (χ2v) is 6.63. The van der Waals surface area contributed by atoms with E-state index in [9.17, 15) is 4.39 Å². The van der Waals surface area contributed by atoms with Gasteiger partial charge in [-0.25, -0.2) is 4.39 Å². The highest BCUT2D eigenvalue weighted by atomic mass is 79.9. The minimum absolute atomic E-state index is 0.197. The van der Waals surface area contributed by atoms with E-state index in [4.69, 9.17) is 0 Å². The minimum atomic E-state index is -0.197. The number of hydrogen-bond donors (Lipinski definition) is 1. The summed E-state index contributed by atoms with van der Waals surface area (Å²) in [6.07, 6.45) is 3.99. The lowest BCUT2D eigenvalue weighted by molar-refractivity contribution is 0.313. The summed E-state index contributed by atoms with van der Waals surface area (Å²) in [7, 11) is 0. The maximum atomic E-state index is 13.2. The molecular formula is C15H20BrFN2. The molecule has 3 rings (SSSR count). The number of halogens is 2. The van der Waals surface area contributed by atoms with E-state index in [0.29, 0.717) is 10.5 Å². The molecule has 2 unspecified atom stereocenters. The second kappa shape index (κ2) is 5.51. The van der Waals surface area contributed by atoms with E-state index in [1.807, 2.05) is 12.1 Å². The number of nitrogens with zero attached hydrogens (tertiary/aromatic N) is 1. The number of likely N-dealkylation sites (tertiary alicyclic amines) is 1. The van der Waals surface area contributed by atoms with Gasteiger partial charge in [-0.05, 0) is 59.8 Å². The van der Waals surface area contributed by atoms with Crippen molar-refractivity contribution in [1.82, 2.24) is 10.2 Å². The first-order valence-corrected chi connectivity index (χ1v) is 7.88. The Morgan fingerprint density at radius 3 is 2.84 bits per heavy atom. The van der Waals surface area contributed by atoms with Gasteiger partial charge in [-0.3, -0.25) is 4.90 Å². The first-order chi connectivity index (χ1) is 9.13. The van der Waals surface area contributed by atoms with Crippen LogP contribution < -0.4 is 5.32 Å². The van der Waals surface area contributed by atoms with Crippen LogP contribution in [0.3, 0.4) is 0 Å². The summed E-state index contributed by atoms with van der Waals surface area (Å²) in [5.41, 5.74) is 1.14. The topological polar surface area (TPSA) is 15.3 Å². The van der Waals surface area contributed by atoms with Gasteiger partial charge >= 0.3 is 0 Å². The average Bonchev–Trinajstić information content (AvgIpc) is 3.14. The Morgan fingerprint density at radius 1 is 1.37 bits per heavy atom. The lowest BCUT2D eigenvalue weighted by atomic mass is 10.1. The Morgan fingerprint density at radius 2 is 2.16 bits per heavy atom. The van der Waals surface area contributed by atoms with Crippen LogP contribution in [0.4, 0.5) is 4.39 Å². The molecule has 0 bridgehead atoms. The van der Waals surface area contributed by atoms with E-state index < -0.39 is 0 Å². The Labute approximate surface area is 122 Å². The summed E-state index contributed by atoms with van der Waals surface area (Å²) in [6.45, 7) is 4.54. The third kappa shape index (κ3) is 3.18. The van der Waals surface area contributed by atoms with Crippen molar-refractivity contribution >= 4 is 15.9 Å². The highest BCUT2D eigenvalue weighted by Gasteiger charge is 2.34. The molecule has 19 heavy (non-hydrogen) atoms. The molecule has 104 valence electrons. The zero-order chi connectivity index (χ0) is 13.4. The van der Waals surface area contributed by atoms with Crippen molar-refractivity contribution in [2.45, 2.75) is 44.3 Å². The van der Waals surface area contributed by atoms with Gasteiger partial charge in [0.25, 0.3) is 0 Å². The minimum Gasteiger partial charge on any atom is -0.306 e. The molecular weight excluding hydrogens is 307 g/mol. The molecule has 1 saturated heterocycles. The van der Waals surface area contributed by atoms with Crippen LogP contribution in [0.15, 0.2) is 22.7 Å². The van der Waals surface area contributed by atoms with Crippen molar-refractivity contribution in [1.29, 1.82) is 0 Å². The lowest BCUT2D eigenvalue weighted by Crippen LogP contribution is -2.34. The number of nitrogens with one attached hydrogen (secondary N) is 1. The summed E-state index contributed by atoms with van der Waals surface area (Å²) >= 11 is 3.25. The van der Waals surface area contributed by atoms with E-state index in [2.05, 4.69) is 33.1 Å². The molecule has 0 aromatic heterocycles. The average molecular weight is 327 g/mol. The molecule has 4 heteroatoms. The van der Waals surface area contributed by atoms with E-state index in [-0.39, 0.29) is 11.9 Å². The maximum Gasteiger partial charge on any atom is 0.137 e. The number of benzene rings is 1. The monoisotopic (exact) mass is 326 g/mol. The van der Waals surface area contributed by atoms with Gasteiger partial charge < -0.3 is 5.32 Å². The van der Waals surface area contributed by atoms with Crippen molar-refractivity contribution < 1.29 is 4.39 Å². The van der Waals surface area contributed by atoms with Crippen molar-refractivity contribution in [2.75, 3.05) is 13.1 Å². The van der Waals surface area contributed by atoms with Crippen molar-refractivity contribution in [3.63, 3.8) is 0 Å². The van der Waals surface area contributed by atoms with Crippen LogP contribution >= 0.6 is 15.9 Å². The van der Waals surface area contributed by atoms with E-state index in [0.717, 1.165) is 18.2 Å². The third-order valence-corrected chi connectivity index (χ3v) is 4.82. The fourth-order valence-corrected chi connectivity index (χ4v) is 3.32. The Hall–Kier alpha value is -0.450. The summed E-state index contributed by atoms with van der Waals surface area (Å²) in [4.78, 5) is 2.60. The normalized spacial score (nSPS) is 25.7. The van der Waals surface area contributed by atoms with Gasteiger partial charge in [0.05, 0.1) is 4.47 Å². The molecule has 1 aromatic rings. The zero-order valence-electron chi connectivity index (χ0n) is 11.2. The molecule has 1 saturated carbocycles. The molecule has 1 N–H and O–H groups in total. The molecule has 0 spiro atoms. The molecule has 2 nitrogen and oxygen atoms in total. The lowest BCUT2D eigenvalue weighted by Gasteiger charge is -2.21. The summed E-state index contributed by atoms with van der Waals surface area (Å²) in [5.74, 6) is -0.197. The van der Waals surface area contributed by atoms with Crippen molar-refractivity contribution in [2.24, 2.45) is 0 Å². The summed E-state index contributed by atoms with van der Waals surface area (Å²) in [6, 6.07) is 6.97. The van der Waals surface area contributed by atoms with Crippen LogP contribution in [0.25, 0.3) is 0 Å². The summed E-state index contributed by atoms with van der Waals surface area (Å²) < 4.78 is 13.8. The van der Waals surface area contributed by atoms with Crippen LogP contribution in [0.2, 0.25) is 0 Å². The van der Waals surface area contributed by atoms with Gasteiger partial charge in [-0.15, -0.1) is 0 Å². The Kier molecular flexibility index (Phi) is 3.92. The summed E-state index contributed by atoms with van der Waals surface area (Å²) in [5, 5.41) is 3.67. The first kappa shape index (κ1) is 13.5. The zero-order valence-corrected chi connectivity index (χ0v) is 12.8. The van der Waals surface area contributed by atoms with Crippen molar-refractivity contribution in [3.05, 3.63) is 34.1 Å². The van der Waals surface area contributed by atoms with Gasteiger partial charge in [-0.2, -0.15) is 0 Å². The SMILES string of the molecule is CC(NC1CCN(C2CC2)C1)c1ccc(F)c(Br)c1. The largest absolute Gasteiger partial charge is 0.306 e. The van der Waals surface area contributed by atoms with E-state index in [1.54, 1.807) is 0 Å². The van der Waals surface area contributed by atoms with Crippen LogP contribution in [0, 0.1) is 5.82 Å². The predicted octanol–water partition coefficient (Wildman–Crippen LogP) is 3.48. The molecule has 1 heterocycles. The molecule has 0 radical (unpaired) electrons. The van der Waals surface area contributed by atoms with Crippen LogP contribution in [0.5, 0.6) is 0 Å². The standard InChI is InChI=1S/C15H20BrFN2/c1-10(11-2-5-15(17)14(16)8-11)18-12-6-7-19(9-12)13-3-4-13/h2,5,8,10,12-13,18H,3-4,6-7,9H2,1H3. The van der Waals surface area contributed by atoms with Crippen LogP contribution in [0.1, 0.15) is 37.8 Å². The first-order valence-electron chi connectivity index (χ1n) is 7.08. The van der Waals surface area contributed by atoms with Gasteiger partial charge in [0.1, 0.15) is 5.82 Å². The van der Waals surface area contributed by atoms with E-state index >= 15 is 0 Å². The molecule has 0 amide bonds. The van der Waals surface area contributed by atoms with E-state index in [1.165, 1.54) is 31.9 Å². The number of hydrogen-bond acceptors (Lipinski definition) is 2. The second-order valence-electron chi connectivity index (χ2n) is 5.77. The fraction of sp³-hybridized carbons (Fsp3) is 0.600. The van der Waals surface area contributed by atoms with Crippen molar-refractivity contribution in [3.8, 4) is 0 Å². The Bertz CT molecular complexity index is 461. The smallest absolute Gasteiger partial charge is 0.137 e. The van der Waals surface area contributed by atoms with Gasteiger partial charge in [-0.1, -0.05) is 6.07 Å². The third-order valence-electron chi connectivity index (χ3n) is 4.21. The highest BCUT2D eigenvalue weighted by molar-refractivity contribution is 9.10. The molecule has 2 atom stereocenters. The molecule has 2 fully saturated rings. The van der Waals surface area contributed by atoms with Gasteiger partial charge in [0.15, 0.2) is 0 Å². The fourth-order valence-electron chi connectivity index (χ4n) is 2.93. The maximum absolute atomic E-state index is 13.2. The molecule has 1 aromatic carbocycles. The predicted molar refractivity (Wildman–Crippen MR) is 78.7 cm³/mol. The number of rotatable bonds is 4. The van der Waals surface area contributed by atoms with Gasteiger partial charge in [0, 0.05) is 31.2 Å². The van der Waals surface area contributed by atoms with Crippen LogP contribution in [-0.4, -0.2) is 30.1 Å². The molecule has 1 aliphatic carbocycles. The highest BCUT2D eigenvalue weighted by Crippen LogP contribution is 2.30. The van der Waals surface area contributed by atoms with Gasteiger partial charge in [0.2, 0.25) is 0 Å². The molecule has 1 aliphatic heterocycles. The van der Waals surface area contributed by atoms with Crippen LogP contribution in [-0.2, 0) is 0 Å². The Balaban J connectivity index is 1.58.